The number of aliphatic hydroxyl groups excluding tert-OH is 1. The third-order valence-electron chi connectivity index (χ3n) is 5.41. The highest BCUT2D eigenvalue weighted by Crippen LogP contribution is 2.30. The van der Waals surface area contributed by atoms with Crippen LogP contribution >= 0.6 is 0 Å². The first-order valence-corrected chi connectivity index (χ1v) is 9.94. The van der Waals surface area contributed by atoms with Gasteiger partial charge in [-0.3, -0.25) is 9.69 Å². The molecule has 1 unspecified atom stereocenters. The SMILES string of the molecule is COCc1ccc(CNC(=O)CN2CCC(C(O)c3ccccc3)CC2)cc1. The van der Waals surface area contributed by atoms with Crippen molar-refractivity contribution >= 4 is 5.91 Å². The molecule has 0 bridgehead atoms. The Kier molecular flexibility index (Phi) is 7.60. The number of hydrogen-bond donors (Lipinski definition) is 2. The summed E-state index contributed by atoms with van der Waals surface area (Å²) in [5, 5.41) is 13.6. The van der Waals surface area contributed by atoms with Gasteiger partial charge < -0.3 is 15.2 Å². The van der Waals surface area contributed by atoms with Gasteiger partial charge in [-0.1, -0.05) is 54.6 Å². The normalized spacial score (nSPS) is 16.6. The van der Waals surface area contributed by atoms with Gasteiger partial charge in [-0.2, -0.15) is 0 Å². The number of aliphatic hydroxyl groups is 1. The summed E-state index contributed by atoms with van der Waals surface area (Å²) in [6.07, 6.45) is 1.40. The van der Waals surface area contributed by atoms with Gasteiger partial charge in [-0.15, -0.1) is 0 Å². The van der Waals surface area contributed by atoms with Crippen molar-refractivity contribution in [3.05, 3.63) is 71.3 Å². The molecule has 5 nitrogen and oxygen atoms in total. The minimum absolute atomic E-state index is 0.0445. The highest BCUT2D eigenvalue weighted by atomic mass is 16.5. The van der Waals surface area contributed by atoms with E-state index in [2.05, 4.69) is 10.2 Å². The highest BCUT2D eigenvalue weighted by Gasteiger charge is 2.26. The third-order valence-corrected chi connectivity index (χ3v) is 5.41. The van der Waals surface area contributed by atoms with Crippen LogP contribution in [0.4, 0.5) is 0 Å². The monoisotopic (exact) mass is 382 g/mol. The second-order valence-electron chi connectivity index (χ2n) is 7.50. The van der Waals surface area contributed by atoms with Crippen molar-refractivity contribution in [3.8, 4) is 0 Å². The van der Waals surface area contributed by atoms with Gasteiger partial charge in [0.25, 0.3) is 0 Å². The summed E-state index contributed by atoms with van der Waals surface area (Å²) in [7, 11) is 1.68. The molecule has 1 amide bonds. The summed E-state index contributed by atoms with van der Waals surface area (Å²) in [6, 6.07) is 17.9. The number of nitrogens with one attached hydrogen (secondary N) is 1. The number of methoxy groups -OCH3 is 1. The van der Waals surface area contributed by atoms with E-state index in [4.69, 9.17) is 4.74 Å². The Bertz CT molecular complexity index is 725. The lowest BCUT2D eigenvalue weighted by Gasteiger charge is -2.34. The quantitative estimate of drug-likeness (QED) is 0.737. The number of hydrogen-bond acceptors (Lipinski definition) is 4. The highest BCUT2D eigenvalue weighted by molar-refractivity contribution is 5.78. The lowest BCUT2D eigenvalue weighted by atomic mass is 9.87. The molecule has 0 aromatic heterocycles. The fourth-order valence-electron chi connectivity index (χ4n) is 3.73. The lowest BCUT2D eigenvalue weighted by Crippen LogP contribution is -2.42. The third kappa shape index (κ3) is 5.89. The second kappa shape index (κ2) is 10.4. The number of nitrogens with zero attached hydrogens (tertiary/aromatic N) is 1. The number of ether oxygens (including phenoxy) is 1. The molecule has 0 spiro atoms. The van der Waals surface area contributed by atoms with Crippen molar-refractivity contribution in [1.29, 1.82) is 0 Å². The molecule has 0 saturated carbocycles. The van der Waals surface area contributed by atoms with Crippen molar-refractivity contribution in [2.45, 2.75) is 32.1 Å². The van der Waals surface area contributed by atoms with E-state index in [1.807, 2.05) is 54.6 Å². The smallest absolute Gasteiger partial charge is 0.234 e. The molecule has 1 heterocycles. The van der Waals surface area contributed by atoms with Crippen molar-refractivity contribution < 1.29 is 14.6 Å². The zero-order valence-electron chi connectivity index (χ0n) is 16.5. The molecule has 5 heteroatoms. The number of likely N-dealkylation sites (tertiary alicyclic amines) is 1. The van der Waals surface area contributed by atoms with E-state index in [1.54, 1.807) is 7.11 Å². The molecule has 2 aromatic rings. The average molecular weight is 383 g/mol. The van der Waals surface area contributed by atoms with Crippen LogP contribution in [0.3, 0.4) is 0 Å². The van der Waals surface area contributed by atoms with Crippen LogP contribution in [0.25, 0.3) is 0 Å². The van der Waals surface area contributed by atoms with E-state index in [0.29, 0.717) is 19.7 Å². The summed E-state index contributed by atoms with van der Waals surface area (Å²) >= 11 is 0. The number of carbonyl (C=O) groups excluding carboxylic acids is 1. The van der Waals surface area contributed by atoms with Crippen LogP contribution in [0.5, 0.6) is 0 Å². The Morgan fingerprint density at radius 3 is 2.39 bits per heavy atom. The molecule has 1 saturated heterocycles. The van der Waals surface area contributed by atoms with Crippen LogP contribution in [-0.2, 0) is 22.7 Å². The Balaban J connectivity index is 1.39. The number of rotatable bonds is 8. The van der Waals surface area contributed by atoms with Crippen LogP contribution in [0.15, 0.2) is 54.6 Å². The molecule has 2 N–H and O–H groups in total. The second-order valence-corrected chi connectivity index (χ2v) is 7.50. The summed E-state index contributed by atoms with van der Waals surface area (Å²) in [6.45, 7) is 3.23. The standard InChI is InChI=1S/C23H30N2O3/c1-28-17-19-9-7-18(8-10-19)15-24-22(26)16-25-13-11-21(12-14-25)23(27)20-5-3-2-4-6-20/h2-10,21,23,27H,11-17H2,1H3,(H,24,26). The Morgan fingerprint density at radius 1 is 1.11 bits per heavy atom. The van der Waals surface area contributed by atoms with E-state index < -0.39 is 6.10 Å². The van der Waals surface area contributed by atoms with E-state index >= 15 is 0 Å². The molecule has 0 radical (unpaired) electrons. The van der Waals surface area contributed by atoms with Gasteiger partial charge >= 0.3 is 0 Å². The van der Waals surface area contributed by atoms with Gasteiger partial charge in [0.1, 0.15) is 0 Å². The van der Waals surface area contributed by atoms with Crippen molar-refractivity contribution in [2.75, 3.05) is 26.7 Å². The first-order chi connectivity index (χ1) is 13.7. The fraction of sp³-hybridized carbons (Fsp3) is 0.435. The minimum atomic E-state index is -0.418. The lowest BCUT2D eigenvalue weighted by molar-refractivity contribution is -0.122. The molecule has 28 heavy (non-hydrogen) atoms. The van der Waals surface area contributed by atoms with Crippen LogP contribution in [0.2, 0.25) is 0 Å². The fourth-order valence-corrected chi connectivity index (χ4v) is 3.73. The summed E-state index contributed by atoms with van der Waals surface area (Å²) in [5.41, 5.74) is 3.19. The van der Waals surface area contributed by atoms with Gasteiger partial charge in [0.15, 0.2) is 0 Å². The Labute approximate surface area is 167 Å². The maximum Gasteiger partial charge on any atom is 0.234 e. The first-order valence-electron chi connectivity index (χ1n) is 9.94. The number of carbonyl (C=O) groups is 1. The van der Waals surface area contributed by atoms with Crippen molar-refractivity contribution in [3.63, 3.8) is 0 Å². The van der Waals surface area contributed by atoms with Crippen LogP contribution < -0.4 is 5.32 Å². The predicted molar refractivity (Wildman–Crippen MR) is 110 cm³/mol. The molecule has 1 atom stereocenters. The largest absolute Gasteiger partial charge is 0.388 e. The van der Waals surface area contributed by atoms with E-state index in [1.165, 1.54) is 0 Å². The van der Waals surface area contributed by atoms with E-state index in [-0.39, 0.29) is 11.8 Å². The molecular formula is C23H30N2O3. The summed E-state index contributed by atoms with van der Waals surface area (Å²) < 4.78 is 5.11. The van der Waals surface area contributed by atoms with Gasteiger partial charge in [0.2, 0.25) is 5.91 Å². The number of benzene rings is 2. The van der Waals surface area contributed by atoms with Gasteiger partial charge in [-0.25, -0.2) is 0 Å². The minimum Gasteiger partial charge on any atom is -0.388 e. The Hall–Kier alpha value is -2.21. The zero-order valence-corrected chi connectivity index (χ0v) is 16.5. The summed E-state index contributed by atoms with van der Waals surface area (Å²) in [4.78, 5) is 14.4. The van der Waals surface area contributed by atoms with Crippen LogP contribution in [0.1, 0.15) is 35.6 Å². The molecule has 1 aliphatic rings. The summed E-state index contributed by atoms with van der Waals surface area (Å²) in [5.74, 6) is 0.301. The van der Waals surface area contributed by atoms with Gasteiger partial charge in [0, 0.05) is 13.7 Å². The van der Waals surface area contributed by atoms with Crippen molar-refractivity contribution in [1.82, 2.24) is 10.2 Å². The van der Waals surface area contributed by atoms with Crippen LogP contribution in [-0.4, -0.2) is 42.7 Å². The molecule has 0 aliphatic carbocycles. The van der Waals surface area contributed by atoms with Gasteiger partial charge in [0.05, 0.1) is 19.3 Å². The molecule has 1 fully saturated rings. The average Bonchev–Trinajstić information content (AvgIpc) is 2.74. The zero-order chi connectivity index (χ0) is 19.8. The molecule has 150 valence electrons. The number of amides is 1. The predicted octanol–water partition coefficient (Wildman–Crippen LogP) is 2.89. The Morgan fingerprint density at radius 2 is 1.75 bits per heavy atom. The molecule has 2 aromatic carbocycles. The maximum absolute atomic E-state index is 12.3. The molecule has 1 aliphatic heterocycles. The van der Waals surface area contributed by atoms with Crippen LogP contribution in [0, 0.1) is 5.92 Å². The molecule has 3 rings (SSSR count). The van der Waals surface area contributed by atoms with Crippen molar-refractivity contribution in [2.24, 2.45) is 5.92 Å². The number of piperidine rings is 1. The van der Waals surface area contributed by atoms with E-state index in [9.17, 15) is 9.90 Å². The van der Waals surface area contributed by atoms with Gasteiger partial charge in [-0.05, 0) is 48.5 Å². The molecular weight excluding hydrogens is 352 g/mol. The first kappa shape index (κ1) is 20.5. The maximum atomic E-state index is 12.3. The topological polar surface area (TPSA) is 61.8 Å². The van der Waals surface area contributed by atoms with E-state index in [0.717, 1.165) is 42.6 Å².